The summed E-state index contributed by atoms with van der Waals surface area (Å²) in [6.45, 7) is 1.81. The van der Waals surface area contributed by atoms with Crippen molar-refractivity contribution in [3.8, 4) is 0 Å². The Morgan fingerprint density at radius 2 is 2.06 bits per heavy atom. The molecule has 0 aliphatic carbocycles. The van der Waals surface area contributed by atoms with E-state index in [1.165, 1.54) is 12.1 Å². The first-order chi connectivity index (χ1) is 8.49. The fourth-order valence-corrected chi connectivity index (χ4v) is 1.55. The van der Waals surface area contributed by atoms with Gasteiger partial charge >= 0.3 is 5.97 Å². The Bertz CT molecular complexity index is 510. The number of carboxylic acids is 1. The van der Waals surface area contributed by atoms with E-state index < -0.39 is 11.8 Å². The molecular weight excluding hydrogens is 235 g/mol. The van der Waals surface area contributed by atoms with Gasteiger partial charge in [-0.1, -0.05) is 6.92 Å². The fourth-order valence-electron chi connectivity index (χ4n) is 1.55. The van der Waals surface area contributed by atoms with Crippen molar-refractivity contribution in [1.82, 2.24) is 5.32 Å². The molecule has 0 amide bonds. The topological polar surface area (TPSA) is 73.2 Å². The normalized spacial score (nSPS) is 11.2. The highest BCUT2D eigenvalue weighted by molar-refractivity contribution is 6.22. The number of benzene rings is 1. The zero-order chi connectivity index (χ0) is 13.7. The summed E-state index contributed by atoms with van der Waals surface area (Å²) in [6, 6.07) is 3.54. The molecule has 0 aromatic heterocycles. The Hall–Kier alpha value is -2.17. The largest absolute Gasteiger partial charge is 0.478 e. The second kappa shape index (κ2) is 5.95. The van der Waals surface area contributed by atoms with Gasteiger partial charge in [0.25, 0.3) is 0 Å². The first-order valence-corrected chi connectivity index (χ1v) is 5.49. The molecule has 0 atom stereocenters. The Morgan fingerprint density at radius 1 is 1.44 bits per heavy atom. The second-order valence-electron chi connectivity index (χ2n) is 3.71. The van der Waals surface area contributed by atoms with Crippen molar-refractivity contribution in [2.45, 2.75) is 13.3 Å². The maximum absolute atomic E-state index is 13.4. The lowest BCUT2D eigenvalue weighted by molar-refractivity contribution is 0.0696. The van der Waals surface area contributed by atoms with E-state index in [-0.39, 0.29) is 5.56 Å². The van der Waals surface area contributed by atoms with Gasteiger partial charge in [-0.05, 0) is 30.2 Å². The molecule has 0 aliphatic heterocycles. The van der Waals surface area contributed by atoms with Gasteiger partial charge in [-0.2, -0.15) is 0 Å². The molecule has 1 aromatic carbocycles. The van der Waals surface area contributed by atoms with E-state index in [0.29, 0.717) is 23.3 Å². The smallest absolute Gasteiger partial charge is 0.335 e. The molecule has 0 aliphatic rings. The number of hydrogen-bond donors (Lipinski definition) is 3. The predicted octanol–water partition coefficient (Wildman–Crippen LogP) is 2.51. The lowest BCUT2D eigenvalue weighted by Gasteiger charge is -2.09. The van der Waals surface area contributed by atoms with Crippen LogP contribution in [0, 0.1) is 11.2 Å². The molecule has 4 nitrogen and oxygen atoms in total. The number of allylic oxidation sites excluding steroid dienone is 1. The van der Waals surface area contributed by atoms with Crippen LogP contribution in [0.15, 0.2) is 24.4 Å². The van der Waals surface area contributed by atoms with Gasteiger partial charge in [-0.3, -0.25) is 0 Å². The summed E-state index contributed by atoms with van der Waals surface area (Å²) in [6.07, 6.45) is 2.04. The average Bonchev–Trinajstić information content (AvgIpc) is 2.34. The van der Waals surface area contributed by atoms with Crippen LogP contribution in [-0.4, -0.2) is 23.8 Å². The molecule has 0 spiro atoms. The van der Waals surface area contributed by atoms with Crippen molar-refractivity contribution < 1.29 is 14.3 Å². The van der Waals surface area contributed by atoms with Crippen molar-refractivity contribution in [3.63, 3.8) is 0 Å². The third-order valence-electron chi connectivity index (χ3n) is 2.42. The SMILES string of the molecule is CCC(=N)/C(=C\NC)c1cc(F)cc(C(=O)O)c1. The van der Waals surface area contributed by atoms with Gasteiger partial charge in [-0.25, -0.2) is 9.18 Å². The van der Waals surface area contributed by atoms with Gasteiger partial charge in [0.05, 0.1) is 5.56 Å². The van der Waals surface area contributed by atoms with E-state index in [2.05, 4.69) is 5.32 Å². The van der Waals surface area contributed by atoms with E-state index in [0.717, 1.165) is 6.07 Å². The summed E-state index contributed by atoms with van der Waals surface area (Å²) in [5.74, 6) is -1.82. The molecule has 0 heterocycles. The number of carbonyl (C=O) groups is 1. The standard InChI is InChI=1S/C13H15FN2O2/c1-3-12(15)11(7-16-2)8-4-9(13(17)18)6-10(14)5-8/h4-7,15-16H,3H2,1-2H3,(H,17,18)/b11-7-,15-12?. The van der Waals surface area contributed by atoms with Gasteiger partial charge in [-0.15, -0.1) is 0 Å². The summed E-state index contributed by atoms with van der Waals surface area (Å²) in [7, 11) is 1.67. The van der Waals surface area contributed by atoms with Gasteiger partial charge in [0.15, 0.2) is 0 Å². The molecule has 1 rings (SSSR count). The third-order valence-corrected chi connectivity index (χ3v) is 2.42. The van der Waals surface area contributed by atoms with E-state index >= 15 is 0 Å². The summed E-state index contributed by atoms with van der Waals surface area (Å²) < 4.78 is 13.4. The molecule has 0 saturated carbocycles. The molecule has 1 aromatic rings. The lowest BCUT2D eigenvalue weighted by atomic mass is 9.98. The van der Waals surface area contributed by atoms with Crippen molar-refractivity contribution in [2.24, 2.45) is 0 Å². The molecule has 18 heavy (non-hydrogen) atoms. The second-order valence-corrected chi connectivity index (χ2v) is 3.71. The minimum atomic E-state index is -1.19. The van der Waals surface area contributed by atoms with E-state index in [1.54, 1.807) is 13.2 Å². The van der Waals surface area contributed by atoms with Crippen molar-refractivity contribution in [2.75, 3.05) is 7.05 Å². The molecular formula is C13H15FN2O2. The minimum Gasteiger partial charge on any atom is -0.478 e. The van der Waals surface area contributed by atoms with Gasteiger partial charge in [0.1, 0.15) is 5.82 Å². The summed E-state index contributed by atoms with van der Waals surface area (Å²) >= 11 is 0. The Morgan fingerprint density at radius 3 is 2.56 bits per heavy atom. The van der Waals surface area contributed by atoms with Gasteiger partial charge in [0.2, 0.25) is 0 Å². The molecule has 0 fully saturated rings. The van der Waals surface area contributed by atoms with Crippen LogP contribution in [0.25, 0.3) is 5.57 Å². The predicted molar refractivity (Wildman–Crippen MR) is 68.4 cm³/mol. The van der Waals surface area contributed by atoms with Gasteiger partial charge in [0, 0.05) is 24.5 Å². The van der Waals surface area contributed by atoms with Crippen molar-refractivity contribution >= 4 is 17.3 Å². The van der Waals surface area contributed by atoms with Gasteiger partial charge < -0.3 is 15.8 Å². The monoisotopic (exact) mass is 250 g/mol. The minimum absolute atomic E-state index is 0.129. The van der Waals surface area contributed by atoms with Crippen molar-refractivity contribution in [1.29, 1.82) is 5.41 Å². The lowest BCUT2D eigenvalue weighted by Crippen LogP contribution is -2.06. The zero-order valence-corrected chi connectivity index (χ0v) is 10.2. The summed E-state index contributed by atoms with van der Waals surface area (Å²) in [5, 5.41) is 19.5. The highest BCUT2D eigenvalue weighted by Gasteiger charge is 2.12. The maximum Gasteiger partial charge on any atom is 0.335 e. The van der Waals surface area contributed by atoms with E-state index in [9.17, 15) is 9.18 Å². The van der Waals surface area contributed by atoms with E-state index in [4.69, 9.17) is 10.5 Å². The van der Waals surface area contributed by atoms with Crippen LogP contribution < -0.4 is 5.32 Å². The van der Waals surface area contributed by atoms with Crippen LogP contribution in [0.3, 0.4) is 0 Å². The first-order valence-electron chi connectivity index (χ1n) is 5.49. The number of halogens is 1. The average molecular weight is 250 g/mol. The summed E-state index contributed by atoms with van der Waals surface area (Å²) in [5.41, 5.74) is 1.05. The molecule has 5 heteroatoms. The molecule has 0 unspecified atom stereocenters. The van der Waals surface area contributed by atoms with Crippen LogP contribution in [0.4, 0.5) is 4.39 Å². The number of hydrogen-bond acceptors (Lipinski definition) is 3. The van der Waals surface area contributed by atoms with Crippen LogP contribution in [0.2, 0.25) is 0 Å². The first kappa shape index (κ1) is 13.9. The molecule has 0 bridgehead atoms. The molecule has 96 valence electrons. The summed E-state index contributed by atoms with van der Waals surface area (Å²) in [4.78, 5) is 10.9. The molecule has 3 N–H and O–H groups in total. The van der Waals surface area contributed by atoms with Crippen LogP contribution >= 0.6 is 0 Å². The highest BCUT2D eigenvalue weighted by atomic mass is 19.1. The quantitative estimate of drug-likeness (QED) is 0.703. The molecule has 0 saturated heterocycles. The van der Waals surface area contributed by atoms with Crippen LogP contribution in [-0.2, 0) is 0 Å². The Kier molecular flexibility index (Phi) is 4.59. The van der Waals surface area contributed by atoms with Crippen molar-refractivity contribution in [3.05, 3.63) is 41.3 Å². The van der Waals surface area contributed by atoms with Crippen LogP contribution in [0.1, 0.15) is 29.3 Å². The fraction of sp³-hybridized carbons (Fsp3) is 0.231. The number of aromatic carboxylic acids is 1. The number of nitrogens with one attached hydrogen (secondary N) is 2. The Balaban J connectivity index is 3.33. The van der Waals surface area contributed by atoms with Crippen LogP contribution in [0.5, 0.6) is 0 Å². The maximum atomic E-state index is 13.4. The van der Waals surface area contributed by atoms with E-state index in [1.807, 2.05) is 6.92 Å². The Labute approximate surface area is 105 Å². The number of rotatable bonds is 5. The molecule has 0 radical (unpaired) electrons. The zero-order valence-electron chi connectivity index (χ0n) is 10.2. The number of carboxylic acid groups (broad SMARTS) is 1. The highest BCUT2D eigenvalue weighted by Crippen LogP contribution is 2.20. The third kappa shape index (κ3) is 3.16.